The number of amidine groups is 1. The topological polar surface area (TPSA) is 151 Å². The molecule has 176 valence electrons. The highest BCUT2D eigenvalue weighted by atomic mass is 32.2. The molecule has 2 aromatic rings. The van der Waals surface area contributed by atoms with Crippen LogP contribution in [-0.4, -0.2) is 56.8 Å². The molecule has 1 aliphatic heterocycles. The number of aliphatic imine (C=N–C) groups is 1. The van der Waals surface area contributed by atoms with E-state index < -0.39 is 32.6 Å². The van der Waals surface area contributed by atoms with Gasteiger partial charge in [-0.1, -0.05) is 6.07 Å². The molecule has 1 amide bonds. The van der Waals surface area contributed by atoms with Gasteiger partial charge in [-0.15, -0.1) is 0 Å². The number of ether oxygens (including phenoxy) is 1. The number of carbonyl (C=O) groups is 2. The molecular formula is C21H24N4O7S. The van der Waals surface area contributed by atoms with Crippen LogP contribution < -0.4 is 10.0 Å². The maximum absolute atomic E-state index is 12.7. The van der Waals surface area contributed by atoms with Crippen LogP contribution in [0.3, 0.4) is 0 Å². The smallest absolute Gasteiger partial charge is 0.354 e. The van der Waals surface area contributed by atoms with Gasteiger partial charge < -0.3 is 24.5 Å². The van der Waals surface area contributed by atoms with E-state index in [4.69, 9.17) is 9.15 Å². The summed E-state index contributed by atoms with van der Waals surface area (Å²) in [5.41, 5.74) is -0.233. The van der Waals surface area contributed by atoms with Crippen molar-refractivity contribution in [2.75, 3.05) is 26.0 Å². The molecule has 0 saturated carbocycles. The summed E-state index contributed by atoms with van der Waals surface area (Å²) >= 11 is 0. The van der Waals surface area contributed by atoms with Crippen molar-refractivity contribution in [2.45, 2.75) is 20.4 Å². The van der Waals surface area contributed by atoms with Crippen molar-refractivity contribution >= 4 is 33.4 Å². The van der Waals surface area contributed by atoms with Crippen molar-refractivity contribution in [1.29, 1.82) is 0 Å². The first-order chi connectivity index (χ1) is 15.5. The van der Waals surface area contributed by atoms with E-state index in [-0.39, 0.29) is 35.9 Å². The van der Waals surface area contributed by atoms with Crippen LogP contribution in [0.25, 0.3) is 0 Å². The van der Waals surface area contributed by atoms with Crippen LogP contribution in [0.4, 0.5) is 5.69 Å². The summed E-state index contributed by atoms with van der Waals surface area (Å²) in [6.07, 6.45) is 0. The number of carbonyl (C=O) groups excluding carboxylic acids is 2. The van der Waals surface area contributed by atoms with E-state index in [1.54, 1.807) is 19.1 Å². The van der Waals surface area contributed by atoms with E-state index in [0.717, 1.165) is 0 Å². The number of benzene rings is 1. The van der Waals surface area contributed by atoms with Gasteiger partial charge in [-0.05, 0) is 38.1 Å². The van der Waals surface area contributed by atoms with E-state index in [2.05, 4.69) is 15.0 Å². The monoisotopic (exact) mass is 476 g/mol. The Bertz CT molecular complexity index is 1260. The molecule has 11 nitrogen and oxygen atoms in total. The number of nitrogens with one attached hydrogen (secondary N) is 2. The molecule has 3 N–H and O–H groups in total. The number of hydrogen-bond donors (Lipinski definition) is 3. The van der Waals surface area contributed by atoms with Crippen molar-refractivity contribution in [2.24, 2.45) is 4.99 Å². The van der Waals surface area contributed by atoms with Gasteiger partial charge in [0.05, 0.1) is 24.4 Å². The van der Waals surface area contributed by atoms with E-state index in [1.165, 1.54) is 44.1 Å². The van der Waals surface area contributed by atoms with Crippen LogP contribution in [0, 0.1) is 6.92 Å². The van der Waals surface area contributed by atoms with Crippen molar-refractivity contribution in [3.05, 3.63) is 58.0 Å². The average molecular weight is 477 g/mol. The normalized spacial score (nSPS) is 15.9. The molecule has 0 fully saturated rings. The number of amides is 1. The Morgan fingerprint density at radius 3 is 2.58 bits per heavy atom. The maximum atomic E-state index is 12.7. The number of esters is 1. The third kappa shape index (κ3) is 5.00. The third-order valence-electron chi connectivity index (χ3n) is 4.55. The fourth-order valence-corrected chi connectivity index (χ4v) is 4.24. The second-order valence-electron chi connectivity index (χ2n) is 7.23. The minimum absolute atomic E-state index is 0.0000541. The van der Waals surface area contributed by atoms with Crippen LogP contribution in [-0.2, 0) is 26.1 Å². The summed E-state index contributed by atoms with van der Waals surface area (Å²) in [5, 5.41) is 13.4. The van der Waals surface area contributed by atoms with Gasteiger partial charge in [0.1, 0.15) is 17.2 Å². The predicted molar refractivity (Wildman–Crippen MR) is 120 cm³/mol. The number of aromatic hydroxyl groups is 1. The molecule has 0 saturated heterocycles. The molecule has 0 aliphatic carbocycles. The molecular weight excluding hydrogens is 452 g/mol. The number of para-hydroxylation sites is 1. The van der Waals surface area contributed by atoms with E-state index in [9.17, 15) is 23.1 Å². The number of phenols is 1. The van der Waals surface area contributed by atoms with E-state index >= 15 is 0 Å². The zero-order valence-electron chi connectivity index (χ0n) is 18.5. The number of anilines is 1. The van der Waals surface area contributed by atoms with Gasteiger partial charge in [-0.25, -0.2) is 13.2 Å². The van der Waals surface area contributed by atoms with Gasteiger partial charge in [0.2, 0.25) is 0 Å². The minimum atomic E-state index is -4.30. The van der Waals surface area contributed by atoms with Gasteiger partial charge in [0.25, 0.3) is 15.9 Å². The molecule has 2 heterocycles. The Labute approximate surface area is 190 Å². The quantitative estimate of drug-likeness (QED) is 0.404. The summed E-state index contributed by atoms with van der Waals surface area (Å²) in [4.78, 5) is 29.7. The van der Waals surface area contributed by atoms with Crippen LogP contribution in [0.1, 0.15) is 28.8 Å². The Kier molecular flexibility index (Phi) is 6.77. The maximum Gasteiger partial charge on any atom is 0.354 e. The van der Waals surface area contributed by atoms with Gasteiger partial charge in [-0.2, -0.15) is 0 Å². The minimum Gasteiger partial charge on any atom is -0.505 e. The van der Waals surface area contributed by atoms with Crippen LogP contribution >= 0.6 is 0 Å². The molecule has 0 radical (unpaired) electrons. The van der Waals surface area contributed by atoms with Crippen LogP contribution in [0.15, 0.2) is 50.3 Å². The first kappa shape index (κ1) is 23.9. The summed E-state index contributed by atoms with van der Waals surface area (Å²) in [7, 11) is -1.25. The predicted octanol–water partition coefficient (Wildman–Crippen LogP) is 1.71. The number of furan rings is 1. The number of nitrogens with zero attached hydrogens (tertiary/aromatic N) is 2. The molecule has 1 aromatic carbocycles. The second kappa shape index (κ2) is 9.36. The first-order valence-electron chi connectivity index (χ1n) is 9.90. The molecule has 0 unspecified atom stereocenters. The van der Waals surface area contributed by atoms with Gasteiger partial charge in [0.15, 0.2) is 16.5 Å². The summed E-state index contributed by atoms with van der Waals surface area (Å²) in [6, 6.07) is 7.77. The second-order valence-corrected chi connectivity index (χ2v) is 8.85. The zero-order valence-corrected chi connectivity index (χ0v) is 19.3. The van der Waals surface area contributed by atoms with E-state index in [1.807, 2.05) is 0 Å². The standard InChI is InChI=1S/C21H24N4O7S/c1-5-31-21(28)18-16(23-15-8-6-7-14(17(15)26)20(27)25(3)4)19(24-33(18,29)30)22-11-13-10-9-12(2)32-13/h6-10,23,26H,5,11H2,1-4H3,(H,22,24). The number of hydrogen-bond acceptors (Lipinski definition) is 9. The highest BCUT2D eigenvalue weighted by Crippen LogP contribution is 2.32. The lowest BCUT2D eigenvalue weighted by atomic mass is 10.1. The fraction of sp³-hybridized carbons (Fsp3) is 0.286. The summed E-state index contributed by atoms with van der Waals surface area (Å²) in [5.74, 6) is -1.01. The van der Waals surface area contributed by atoms with Crippen LogP contribution in [0.2, 0.25) is 0 Å². The largest absolute Gasteiger partial charge is 0.505 e. The third-order valence-corrected chi connectivity index (χ3v) is 5.92. The molecule has 0 bridgehead atoms. The molecule has 3 rings (SSSR count). The SMILES string of the molecule is CCOC(=O)C1=C(Nc2cccc(C(=O)N(C)C)c2O)C(=NCc2ccc(C)o2)NS1(=O)=O. The Morgan fingerprint density at radius 2 is 1.97 bits per heavy atom. The van der Waals surface area contributed by atoms with Crippen molar-refractivity contribution in [3.63, 3.8) is 0 Å². The average Bonchev–Trinajstić information content (AvgIpc) is 3.27. The molecule has 0 spiro atoms. The highest BCUT2D eigenvalue weighted by molar-refractivity contribution is 7.95. The van der Waals surface area contributed by atoms with Gasteiger partial charge in [0, 0.05) is 14.1 Å². The van der Waals surface area contributed by atoms with Crippen molar-refractivity contribution in [3.8, 4) is 5.75 Å². The van der Waals surface area contributed by atoms with Crippen LogP contribution in [0.5, 0.6) is 5.75 Å². The highest BCUT2D eigenvalue weighted by Gasteiger charge is 2.40. The van der Waals surface area contributed by atoms with Gasteiger partial charge >= 0.3 is 5.97 Å². The Balaban J connectivity index is 2.09. The van der Waals surface area contributed by atoms with Gasteiger partial charge in [-0.3, -0.25) is 14.5 Å². The lowest BCUT2D eigenvalue weighted by Crippen LogP contribution is -2.26. The molecule has 0 atom stereocenters. The summed E-state index contributed by atoms with van der Waals surface area (Å²) in [6.45, 7) is 3.22. The van der Waals surface area contributed by atoms with Crippen molar-refractivity contribution in [1.82, 2.24) is 9.62 Å². The van der Waals surface area contributed by atoms with Crippen molar-refractivity contribution < 1.29 is 32.3 Å². The number of rotatable bonds is 7. The lowest BCUT2D eigenvalue weighted by molar-refractivity contribution is -0.137. The Morgan fingerprint density at radius 1 is 1.24 bits per heavy atom. The summed E-state index contributed by atoms with van der Waals surface area (Å²) < 4.78 is 38.0. The molecule has 1 aliphatic rings. The van der Waals surface area contributed by atoms with E-state index in [0.29, 0.717) is 11.5 Å². The first-order valence-corrected chi connectivity index (χ1v) is 11.4. The molecule has 12 heteroatoms. The molecule has 1 aromatic heterocycles. The number of sulfonamides is 1. The lowest BCUT2D eigenvalue weighted by Gasteiger charge is -2.15. The fourth-order valence-electron chi connectivity index (χ4n) is 3.03. The number of aryl methyl sites for hydroxylation is 1. The number of phenolic OH excluding ortho intramolecular Hbond substituents is 1. The molecule has 33 heavy (non-hydrogen) atoms. The zero-order chi connectivity index (χ0) is 24.3. The Hall–Kier alpha value is -3.80.